The summed E-state index contributed by atoms with van der Waals surface area (Å²) in [5.74, 6) is 1.26. The summed E-state index contributed by atoms with van der Waals surface area (Å²) in [5.41, 5.74) is 1.36. The van der Waals surface area contributed by atoms with E-state index >= 15 is 0 Å². The van der Waals surface area contributed by atoms with Gasteiger partial charge in [0, 0.05) is 23.8 Å². The van der Waals surface area contributed by atoms with Gasteiger partial charge in [0.25, 0.3) is 0 Å². The minimum absolute atomic E-state index is 0.0242. The van der Waals surface area contributed by atoms with Crippen molar-refractivity contribution in [3.05, 3.63) is 28.3 Å². The van der Waals surface area contributed by atoms with E-state index in [-0.39, 0.29) is 28.8 Å². The first-order valence-electron chi connectivity index (χ1n) is 8.00. The van der Waals surface area contributed by atoms with Crippen molar-refractivity contribution in [3.8, 4) is 5.75 Å². The predicted molar refractivity (Wildman–Crippen MR) is 83.4 cm³/mol. The SMILES string of the molecule is C[C@]12CC[C@@H]3c4cc(Cl)c(O)cc4C(=O)C[C@H]3[C@@H]1CCC2=O. The maximum atomic E-state index is 12.5. The van der Waals surface area contributed by atoms with Crippen LogP contribution >= 0.6 is 11.6 Å². The molecule has 0 aliphatic heterocycles. The molecule has 3 aliphatic rings. The lowest BCUT2D eigenvalue weighted by molar-refractivity contribution is -0.129. The zero-order valence-corrected chi connectivity index (χ0v) is 13.3. The van der Waals surface area contributed by atoms with Crippen LogP contribution in [0, 0.1) is 17.3 Å². The zero-order chi connectivity index (χ0) is 15.6. The molecular weight excluding hydrogens is 300 g/mol. The fourth-order valence-electron chi connectivity index (χ4n) is 5.18. The number of hydrogen-bond donors (Lipinski definition) is 1. The second-order valence-electron chi connectivity index (χ2n) is 7.31. The average molecular weight is 319 g/mol. The van der Waals surface area contributed by atoms with Crippen LogP contribution in [-0.4, -0.2) is 16.7 Å². The normalized spacial score (nSPS) is 36.7. The highest BCUT2D eigenvalue weighted by Crippen LogP contribution is 2.59. The largest absolute Gasteiger partial charge is 0.506 e. The van der Waals surface area contributed by atoms with E-state index in [1.165, 1.54) is 6.07 Å². The standard InChI is InChI=1S/C18H19ClO3/c1-18-5-4-9-10-6-14(19)16(21)8-12(10)15(20)7-11(9)13(18)2-3-17(18)22/h6,8-9,11,13,21H,2-5,7H2,1H3/t9-,11-,13+,18+/m1/s1. The van der Waals surface area contributed by atoms with Gasteiger partial charge in [0.1, 0.15) is 11.5 Å². The lowest BCUT2D eigenvalue weighted by Crippen LogP contribution is -2.43. The number of aromatic hydroxyl groups is 1. The number of fused-ring (bicyclic) bond motifs is 5. The molecule has 3 aliphatic carbocycles. The second-order valence-corrected chi connectivity index (χ2v) is 7.72. The Bertz CT molecular complexity index is 696. The average Bonchev–Trinajstić information content (AvgIpc) is 2.78. The molecule has 4 heteroatoms. The van der Waals surface area contributed by atoms with Gasteiger partial charge in [-0.05, 0) is 54.7 Å². The first-order valence-corrected chi connectivity index (χ1v) is 8.38. The van der Waals surface area contributed by atoms with E-state index in [0.717, 1.165) is 24.8 Å². The van der Waals surface area contributed by atoms with Crippen LogP contribution in [-0.2, 0) is 4.79 Å². The Balaban J connectivity index is 1.81. The summed E-state index contributed by atoms with van der Waals surface area (Å²) in [4.78, 5) is 24.8. The number of carbonyl (C=O) groups is 2. The van der Waals surface area contributed by atoms with Crippen LogP contribution in [0.25, 0.3) is 0 Å². The third-order valence-corrected chi connectivity index (χ3v) is 6.69. The number of carbonyl (C=O) groups excluding carboxylic acids is 2. The molecule has 4 atom stereocenters. The van der Waals surface area contributed by atoms with Gasteiger partial charge in [-0.2, -0.15) is 0 Å². The molecule has 0 amide bonds. The third-order valence-electron chi connectivity index (χ3n) is 6.39. The van der Waals surface area contributed by atoms with Gasteiger partial charge in [-0.25, -0.2) is 0 Å². The number of hydrogen-bond acceptors (Lipinski definition) is 3. The van der Waals surface area contributed by atoms with Gasteiger partial charge in [-0.1, -0.05) is 18.5 Å². The lowest BCUT2D eigenvalue weighted by Gasteiger charge is -2.47. The van der Waals surface area contributed by atoms with Crippen molar-refractivity contribution in [2.75, 3.05) is 0 Å². The van der Waals surface area contributed by atoms with Crippen LogP contribution < -0.4 is 0 Å². The summed E-state index contributed by atoms with van der Waals surface area (Å²) in [5, 5.41) is 10.1. The zero-order valence-electron chi connectivity index (χ0n) is 12.6. The molecule has 2 fully saturated rings. The van der Waals surface area contributed by atoms with Crippen molar-refractivity contribution < 1.29 is 14.7 Å². The van der Waals surface area contributed by atoms with Crippen LogP contribution in [0.2, 0.25) is 5.02 Å². The molecule has 0 bridgehead atoms. The minimum atomic E-state index is -0.236. The van der Waals surface area contributed by atoms with Gasteiger partial charge in [0.05, 0.1) is 5.02 Å². The molecule has 1 aromatic carbocycles. The van der Waals surface area contributed by atoms with E-state index in [0.29, 0.717) is 35.1 Å². The maximum absolute atomic E-state index is 12.5. The van der Waals surface area contributed by atoms with Gasteiger partial charge in [-0.3, -0.25) is 9.59 Å². The molecule has 0 radical (unpaired) electrons. The van der Waals surface area contributed by atoms with Crippen molar-refractivity contribution in [1.82, 2.24) is 0 Å². The fraction of sp³-hybridized carbons (Fsp3) is 0.556. The third kappa shape index (κ3) is 1.75. The number of halogens is 1. The summed E-state index contributed by atoms with van der Waals surface area (Å²) in [7, 11) is 0. The maximum Gasteiger partial charge on any atom is 0.163 e. The quantitative estimate of drug-likeness (QED) is 0.783. The van der Waals surface area contributed by atoms with Crippen LogP contribution in [0.1, 0.15) is 60.9 Å². The molecule has 0 heterocycles. The molecule has 0 spiro atoms. The number of rotatable bonds is 0. The topological polar surface area (TPSA) is 54.4 Å². The van der Waals surface area contributed by atoms with Crippen LogP contribution in [0.5, 0.6) is 5.75 Å². The number of ketones is 2. The first-order chi connectivity index (χ1) is 10.4. The molecule has 1 N–H and O–H groups in total. The lowest BCUT2D eigenvalue weighted by atomic mass is 9.55. The summed E-state index contributed by atoms with van der Waals surface area (Å²) >= 11 is 6.07. The molecule has 2 saturated carbocycles. The van der Waals surface area contributed by atoms with E-state index in [1.54, 1.807) is 6.07 Å². The van der Waals surface area contributed by atoms with E-state index in [4.69, 9.17) is 11.6 Å². The molecule has 22 heavy (non-hydrogen) atoms. The van der Waals surface area contributed by atoms with E-state index in [9.17, 15) is 14.7 Å². The Labute approximate surface area is 134 Å². The van der Waals surface area contributed by atoms with E-state index in [2.05, 4.69) is 6.92 Å². The summed E-state index contributed by atoms with van der Waals surface area (Å²) in [6.45, 7) is 2.09. The molecular formula is C18H19ClO3. The molecule has 0 aromatic heterocycles. The first kappa shape index (κ1) is 14.3. The Hall–Kier alpha value is -1.35. The Morgan fingerprint density at radius 1 is 1.27 bits per heavy atom. The number of phenolic OH excluding ortho intramolecular Hbond substituents is 1. The fourth-order valence-corrected chi connectivity index (χ4v) is 5.35. The monoisotopic (exact) mass is 318 g/mol. The van der Waals surface area contributed by atoms with Crippen molar-refractivity contribution in [2.45, 2.75) is 44.9 Å². The minimum Gasteiger partial charge on any atom is -0.506 e. The van der Waals surface area contributed by atoms with Crippen molar-refractivity contribution in [3.63, 3.8) is 0 Å². The van der Waals surface area contributed by atoms with Gasteiger partial charge in [0.15, 0.2) is 5.78 Å². The highest BCUT2D eigenvalue weighted by molar-refractivity contribution is 6.32. The van der Waals surface area contributed by atoms with Crippen LogP contribution in [0.4, 0.5) is 0 Å². The molecule has 3 nitrogen and oxygen atoms in total. The predicted octanol–water partition coefficient (Wildman–Crippen LogP) is 4.11. The summed E-state index contributed by atoms with van der Waals surface area (Å²) in [6, 6.07) is 3.28. The second kappa shape index (κ2) is 4.58. The van der Waals surface area contributed by atoms with Crippen molar-refractivity contribution >= 4 is 23.2 Å². The molecule has 0 unspecified atom stereocenters. The van der Waals surface area contributed by atoms with Gasteiger partial charge >= 0.3 is 0 Å². The summed E-state index contributed by atoms with van der Waals surface area (Å²) < 4.78 is 0. The van der Waals surface area contributed by atoms with Crippen LogP contribution in [0.15, 0.2) is 12.1 Å². The Morgan fingerprint density at radius 3 is 2.82 bits per heavy atom. The van der Waals surface area contributed by atoms with Crippen LogP contribution in [0.3, 0.4) is 0 Å². The molecule has 0 saturated heterocycles. The molecule has 116 valence electrons. The Morgan fingerprint density at radius 2 is 2.05 bits per heavy atom. The van der Waals surface area contributed by atoms with E-state index in [1.807, 2.05) is 0 Å². The molecule has 1 aromatic rings. The molecule has 4 rings (SSSR count). The summed E-state index contributed by atoms with van der Waals surface area (Å²) in [6.07, 6.45) is 3.87. The highest BCUT2D eigenvalue weighted by Gasteiger charge is 2.55. The van der Waals surface area contributed by atoms with Crippen molar-refractivity contribution in [2.24, 2.45) is 17.3 Å². The number of benzene rings is 1. The van der Waals surface area contributed by atoms with Crippen molar-refractivity contribution in [1.29, 1.82) is 0 Å². The highest BCUT2D eigenvalue weighted by atomic mass is 35.5. The Kier molecular flexibility index (Phi) is 2.96. The van der Waals surface area contributed by atoms with Gasteiger partial charge < -0.3 is 5.11 Å². The van der Waals surface area contributed by atoms with Gasteiger partial charge in [-0.15, -0.1) is 0 Å². The smallest absolute Gasteiger partial charge is 0.163 e. The number of phenols is 1. The van der Waals surface area contributed by atoms with Gasteiger partial charge in [0.2, 0.25) is 0 Å². The number of Topliss-reactive ketones (excluding diaryl/α,β-unsaturated/α-hetero) is 2. The van der Waals surface area contributed by atoms with E-state index < -0.39 is 0 Å².